The van der Waals surface area contributed by atoms with Gasteiger partial charge >= 0.3 is 0 Å². The molecule has 2 aromatic carbocycles. The second-order valence-electron chi connectivity index (χ2n) is 5.92. The minimum absolute atomic E-state index is 0.166. The maximum atomic E-state index is 13.4. The molecule has 0 saturated heterocycles. The molecule has 1 atom stereocenters. The molecule has 6 heteroatoms. The summed E-state index contributed by atoms with van der Waals surface area (Å²) in [6.45, 7) is 4.20. The van der Waals surface area contributed by atoms with E-state index in [1.54, 1.807) is 26.2 Å². The SMILES string of the molecule is COCc1cccc(N[C@H](C)c2nc(-c3ccc(F)c(C)c3)no2)c1. The summed E-state index contributed by atoms with van der Waals surface area (Å²) in [6.07, 6.45) is 0. The van der Waals surface area contributed by atoms with Gasteiger partial charge in [-0.15, -0.1) is 0 Å². The average molecular weight is 341 g/mol. The number of hydrogen-bond acceptors (Lipinski definition) is 5. The summed E-state index contributed by atoms with van der Waals surface area (Å²) < 4.78 is 23.9. The number of aromatic nitrogens is 2. The van der Waals surface area contributed by atoms with Crippen molar-refractivity contribution in [3.8, 4) is 11.4 Å². The minimum atomic E-state index is -0.251. The molecule has 0 unspecified atom stereocenters. The van der Waals surface area contributed by atoms with E-state index in [-0.39, 0.29) is 11.9 Å². The number of benzene rings is 2. The summed E-state index contributed by atoms with van der Waals surface area (Å²) in [5.41, 5.74) is 3.29. The molecule has 3 rings (SSSR count). The number of hydrogen-bond donors (Lipinski definition) is 1. The zero-order valence-corrected chi connectivity index (χ0v) is 14.4. The molecule has 0 aliphatic rings. The van der Waals surface area contributed by atoms with Gasteiger partial charge in [0.1, 0.15) is 11.9 Å². The van der Waals surface area contributed by atoms with Crippen molar-refractivity contribution in [2.24, 2.45) is 0 Å². The van der Waals surface area contributed by atoms with Crippen LogP contribution in [-0.2, 0) is 11.3 Å². The molecule has 0 fully saturated rings. The maximum absolute atomic E-state index is 13.4. The maximum Gasteiger partial charge on any atom is 0.249 e. The van der Waals surface area contributed by atoms with E-state index in [9.17, 15) is 4.39 Å². The summed E-state index contributed by atoms with van der Waals surface area (Å²) in [6, 6.07) is 12.5. The molecule has 25 heavy (non-hydrogen) atoms. The van der Waals surface area contributed by atoms with Crippen LogP contribution in [-0.4, -0.2) is 17.3 Å². The van der Waals surface area contributed by atoms with Crippen molar-refractivity contribution in [1.29, 1.82) is 0 Å². The van der Waals surface area contributed by atoms with Gasteiger partial charge in [0.05, 0.1) is 6.61 Å². The quantitative estimate of drug-likeness (QED) is 0.715. The monoisotopic (exact) mass is 341 g/mol. The van der Waals surface area contributed by atoms with Crippen LogP contribution in [0.25, 0.3) is 11.4 Å². The molecule has 1 aromatic heterocycles. The average Bonchev–Trinajstić information content (AvgIpc) is 3.08. The number of halogens is 1. The van der Waals surface area contributed by atoms with Crippen LogP contribution in [0.1, 0.15) is 30.0 Å². The molecular formula is C19H20FN3O2. The Bertz CT molecular complexity index is 863. The molecule has 0 aliphatic heterocycles. The van der Waals surface area contributed by atoms with E-state index in [0.29, 0.717) is 23.9 Å². The predicted octanol–water partition coefficient (Wildman–Crippen LogP) is 4.50. The van der Waals surface area contributed by atoms with Crippen LogP contribution in [0.3, 0.4) is 0 Å². The van der Waals surface area contributed by atoms with Gasteiger partial charge in [-0.1, -0.05) is 17.3 Å². The van der Waals surface area contributed by atoms with E-state index in [2.05, 4.69) is 15.5 Å². The van der Waals surface area contributed by atoms with Crippen molar-refractivity contribution in [3.63, 3.8) is 0 Å². The van der Waals surface area contributed by atoms with Gasteiger partial charge in [-0.25, -0.2) is 4.39 Å². The van der Waals surface area contributed by atoms with Gasteiger partial charge < -0.3 is 14.6 Å². The Balaban J connectivity index is 1.75. The van der Waals surface area contributed by atoms with E-state index in [0.717, 1.165) is 16.8 Å². The van der Waals surface area contributed by atoms with Crippen LogP contribution in [0.15, 0.2) is 47.0 Å². The first kappa shape index (κ1) is 17.1. The Kier molecular flexibility index (Phi) is 5.09. The first-order valence-electron chi connectivity index (χ1n) is 8.01. The Morgan fingerprint density at radius 3 is 2.84 bits per heavy atom. The highest BCUT2D eigenvalue weighted by Gasteiger charge is 2.16. The number of methoxy groups -OCH3 is 1. The summed E-state index contributed by atoms with van der Waals surface area (Å²) in [5.74, 6) is 0.660. The van der Waals surface area contributed by atoms with E-state index in [4.69, 9.17) is 9.26 Å². The number of ether oxygens (including phenoxy) is 1. The molecular weight excluding hydrogens is 321 g/mol. The van der Waals surface area contributed by atoms with E-state index >= 15 is 0 Å². The van der Waals surface area contributed by atoms with Crippen molar-refractivity contribution in [2.45, 2.75) is 26.5 Å². The Morgan fingerprint density at radius 2 is 2.08 bits per heavy atom. The molecule has 0 aliphatic carbocycles. The fourth-order valence-corrected chi connectivity index (χ4v) is 2.54. The lowest BCUT2D eigenvalue weighted by Crippen LogP contribution is -2.07. The van der Waals surface area contributed by atoms with Gasteiger partial charge in [-0.3, -0.25) is 0 Å². The zero-order valence-electron chi connectivity index (χ0n) is 14.4. The van der Waals surface area contributed by atoms with Gasteiger partial charge in [0.2, 0.25) is 11.7 Å². The molecule has 5 nitrogen and oxygen atoms in total. The van der Waals surface area contributed by atoms with Crippen LogP contribution in [0.4, 0.5) is 10.1 Å². The van der Waals surface area contributed by atoms with Crippen molar-refractivity contribution in [1.82, 2.24) is 10.1 Å². The summed E-state index contributed by atoms with van der Waals surface area (Å²) in [7, 11) is 1.67. The van der Waals surface area contributed by atoms with Crippen LogP contribution < -0.4 is 5.32 Å². The Morgan fingerprint density at radius 1 is 1.24 bits per heavy atom. The van der Waals surface area contributed by atoms with E-state index < -0.39 is 0 Å². The highest BCUT2D eigenvalue weighted by Crippen LogP contribution is 2.23. The molecule has 0 amide bonds. The number of nitrogens with zero attached hydrogens (tertiary/aromatic N) is 2. The molecule has 0 spiro atoms. The third kappa shape index (κ3) is 4.03. The summed E-state index contributed by atoms with van der Waals surface area (Å²) in [4.78, 5) is 4.42. The van der Waals surface area contributed by atoms with Crippen molar-refractivity contribution in [3.05, 3.63) is 65.3 Å². The lowest BCUT2D eigenvalue weighted by molar-refractivity contribution is 0.185. The van der Waals surface area contributed by atoms with Crippen molar-refractivity contribution < 1.29 is 13.7 Å². The van der Waals surface area contributed by atoms with E-state index in [1.807, 2.05) is 31.2 Å². The Labute approximate surface area is 145 Å². The van der Waals surface area contributed by atoms with Crippen LogP contribution in [0.2, 0.25) is 0 Å². The van der Waals surface area contributed by atoms with Crippen LogP contribution >= 0.6 is 0 Å². The molecule has 0 bridgehead atoms. The van der Waals surface area contributed by atoms with Crippen molar-refractivity contribution in [2.75, 3.05) is 12.4 Å². The van der Waals surface area contributed by atoms with Gasteiger partial charge in [0, 0.05) is 18.4 Å². The number of rotatable bonds is 6. The number of aryl methyl sites for hydroxylation is 1. The second kappa shape index (κ2) is 7.44. The number of anilines is 1. The fraction of sp³-hybridized carbons (Fsp3) is 0.263. The highest BCUT2D eigenvalue weighted by atomic mass is 19.1. The molecule has 3 aromatic rings. The predicted molar refractivity (Wildman–Crippen MR) is 93.6 cm³/mol. The van der Waals surface area contributed by atoms with E-state index in [1.165, 1.54) is 6.07 Å². The molecule has 0 radical (unpaired) electrons. The molecule has 1 N–H and O–H groups in total. The lowest BCUT2D eigenvalue weighted by Gasteiger charge is -2.12. The Hall–Kier alpha value is -2.73. The summed E-state index contributed by atoms with van der Waals surface area (Å²) >= 11 is 0. The minimum Gasteiger partial charge on any atom is -0.380 e. The third-order valence-corrected chi connectivity index (χ3v) is 3.85. The smallest absolute Gasteiger partial charge is 0.249 e. The summed E-state index contributed by atoms with van der Waals surface area (Å²) in [5, 5.41) is 7.33. The topological polar surface area (TPSA) is 60.2 Å². The standard InChI is InChI=1S/C19H20FN3O2/c1-12-9-15(7-8-17(12)20)18-22-19(25-23-18)13(2)21-16-6-4-5-14(10-16)11-24-3/h4-10,13,21H,11H2,1-3H3/t13-/m1/s1. The normalized spacial score (nSPS) is 12.2. The lowest BCUT2D eigenvalue weighted by atomic mass is 10.1. The van der Waals surface area contributed by atoms with Gasteiger partial charge in [0.25, 0.3) is 0 Å². The van der Waals surface area contributed by atoms with Crippen molar-refractivity contribution >= 4 is 5.69 Å². The third-order valence-electron chi connectivity index (χ3n) is 3.85. The van der Waals surface area contributed by atoms with Crippen LogP contribution in [0, 0.1) is 12.7 Å². The second-order valence-corrected chi connectivity index (χ2v) is 5.92. The largest absolute Gasteiger partial charge is 0.380 e. The first-order chi connectivity index (χ1) is 12.1. The van der Waals surface area contributed by atoms with Gasteiger partial charge in [0.15, 0.2) is 0 Å². The molecule has 1 heterocycles. The molecule has 130 valence electrons. The first-order valence-corrected chi connectivity index (χ1v) is 8.01. The highest BCUT2D eigenvalue weighted by molar-refractivity contribution is 5.55. The number of nitrogens with one attached hydrogen (secondary N) is 1. The fourth-order valence-electron chi connectivity index (χ4n) is 2.54. The zero-order chi connectivity index (χ0) is 17.8. The van der Waals surface area contributed by atoms with Gasteiger partial charge in [-0.05, 0) is 55.3 Å². The molecule has 0 saturated carbocycles. The van der Waals surface area contributed by atoms with Crippen LogP contribution in [0.5, 0.6) is 0 Å². The van der Waals surface area contributed by atoms with Gasteiger partial charge in [-0.2, -0.15) is 4.98 Å².